The molecular formula is C23H28N4O3S. The van der Waals surface area contributed by atoms with Gasteiger partial charge in [0.15, 0.2) is 5.96 Å². The fraction of sp³-hybridized carbons (Fsp3) is 0.348. The Balaban J connectivity index is 1.63. The number of esters is 1. The van der Waals surface area contributed by atoms with Gasteiger partial charge in [-0.05, 0) is 55.3 Å². The summed E-state index contributed by atoms with van der Waals surface area (Å²) in [7, 11) is 3.40. The van der Waals surface area contributed by atoms with Gasteiger partial charge in [0, 0.05) is 13.6 Å². The number of fused-ring (bicyclic) bond motifs is 1. The molecule has 0 saturated heterocycles. The molecule has 7 nitrogen and oxygen atoms in total. The standard InChI is InChI=1S/C23H28N4O3S/c1-6-30-22(28)20-14(2)26-21(31-20)15(3)27-23(24-4)25-13-16-7-8-18-12-19(29-5)10-9-17(18)11-16/h7-12,15H,6,13H2,1-5H3,(H2,24,25,27). The van der Waals surface area contributed by atoms with Crippen LogP contribution in [0.2, 0.25) is 0 Å². The lowest BCUT2D eigenvalue weighted by atomic mass is 10.1. The highest BCUT2D eigenvalue weighted by Gasteiger charge is 2.20. The highest BCUT2D eigenvalue weighted by molar-refractivity contribution is 7.13. The number of guanidine groups is 1. The monoisotopic (exact) mass is 440 g/mol. The molecule has 2 aromatic carbocycles. The summed E-state index contributed by atoms with van der Waals surface area (Å²) >= 11 is 1.35. The first-order chi connectivity index (χ1) is 14.9. The van der Waals surface area contributed by atoms with Crippen molar-refractivity contribution in [2.75, 3.05) is 20.8 Å². The predicted molar refractivity (Wildman–Crippen MR) is 125 cm³/mol. The maximum absolute atomic E-state index is 12.1. The second-order valence-electron chi connectivity index (χ2n) is 7.03. The molecule has 8 heteroatoms. The summed E-state index contributed by atoms with van der Waals surface area (Å²) < 4.78 is 10.4. The summed E-state index contributed by atoms with van der Waals surface area (Å²) in [4.78, 5) is 21.4. The van der Waals surface area contributed by atoms with Crippen molar-refractivity contribution in [1.82, 2.24) is 15.6 Å². The van der Waals surface area contributed by atoms with Crippen LogP contribution < -0.4 is 15.4 Å². The molecule has 1 aromatic heterocycles. The Labute approximate surface area is 186 Å². The number of rotatable bonds is 7. The van der Waals surface area contributed by atoms with E-state index in [1.807, 2.05) is 26.0 Å². The Morgan fingerprint density at radius 1 is 1.23 bits per heavy atom. The minimum atomic E-state index is -0.326. The minimum absolute atomic E-state index is 0.109. The Morgan fingerprint density at radius 2 is 1.97 bits per heavy atom. The molecule has 3 aromatic rings. The van der Waals surface area contributed by atoms with Gasteiger partial charge in [0.1, 0.15) is 15.6 Å². The van der Waals surface area contributed by atoms with Crippen molar-refractivity contribution in [3.63, 3.8) is 0 Å². The van der Waals surface area contributed by atoms with Crippen molar-refractivity contribution in [2.24, 2.45) is 4.99 Å². The number of carbonyl (C=O) groups excluding carboxylic acids is 1. The smallest absolute Gasteiger partial charge is 0.350 e. The minimum Gasteiger partial charge on any atom is -0.497 e. The molecule has 0 saturated carbocycles. The zero-order chi connectivity index (χ0) is 22.4. The van der Waals surface area contributed by atoms with E-state index in [9.17, 15) is 4.79 Å². The number of aromatic nitrogens is 1. The van der Waals surface area contributed by atoms with Crippen LogP contribution in [0.1, 0.15) is 45.8 Å². The SMILES string of the molecule is CCOC(=O)c1sc(C(C)NC(=NC)NCc2ccc3cc(OC)ccc3c2)nc1C. The van der Waals surface area contributed by atoms with Gasteiger partial charge in [0.25, 0.3) is 0 Å². The number of hydrogen-bond donors (Lipinski definition) is 2. The molecule has 0 amide bonds. The molecule has 164 valence electrons. The number of nitrogens with zero attached hydrogens (tertiary/aromatic N) is 2. The molecule has 1 unspecified atom stereocenters. The van der Waals surface area contributed by atoms with E-state index in [-0.39, 0.29) is 12.0 Å². The van der Waals surface area contributed by atoms with Gasteiger partial charge in [-0.25, -0.2) is 9.78 Å². The quantitative estimate of drug-likeness (QED) is 0.325. The zero-order valence-electron chi connectivity index (χ0n) is 18.5. The van der Waals surface area contributed by atoms with Crippen LogP contribution in [0.25, 0.3) is 10.8 Å². The number of benzene rings is 2. The van der Waals surface area contributed by atoms with Gasteiger partial charge in [-0.3, -0.25) is 4.99 Å². The number of methoxy groups -OCH3 is 1. The van der Waals surface area contributed by atoms with Gasteiger partial charge in [-0.1, -0.05) is 18.2 Å². The molecule has 2 N–H and O–H groups in total. The van der Waals surface area contributed by atoms with E-state index < -0.39 is 0 Å². The van der Waals surface area contributed by atoms with E-state index in [1.165, 1.54) is 11.3 Å². The van der Waals surface area contributed by atoms with Crippen molar-refractivity contribution in [3.05, 3.63) is 57.5 Å². The van der Waals surface area contributed by atoms with Gasteiger partial charge in [0.05, 0.1) is 25.5 Å². The van der Waals surface area contributed by atoms with Crippen molar-refractivity contribution in [2.45, 2.75) is 33.4 Å². The first kappa shape index (κ1) is 22.6. The van der Waals surface area contributed by atoms with Crippen LogP contribution >= 0.6 is 11.3 Å². The predicted octanol–water partition coefficient (Wildman–Crippen LogP) is 4.22. The number of thiazole rings is 1. The third-order valence-corrected chi connectivity index (χ3v) is 6.11. The summed E-state index contributed by atoms with van der Waals surface area (Å²) in [5, 5.41) is 9.77. The van der Waals surface area contributed by atoms with Crippen LogP contribution in [0.15, 0.2) is 41.4 Å². The highest BCUT2D eigenvalue weighted by atomic mass is 32.1. The van der Waals surface area contributed by atoms with Crippen molar-refractivity contribution in [1.29, 1.82) is 0 Å². The van der Waals surface area contributed by atoms with Gasteiger partial charge in [-0.2, -0.15) is 0 Å². The van der Waals surface area contributed by atoms with Crippen LogP contribution in [0.5, 0.6) is 5.75 Å². The third-order valence-electron chi connectivity index (χ3n) is 4.79. The molecule has 31 heavy (non-hydrogen) atoms. The fourth-order valence-corrected chi connectivity index (χ4v) is 4.11. The first-order valence-corrected chi connectivity index (χ1v) is 10.9. The number of aryl methyl sites for hydroxylation is 1. The second-order valence-corrected chi connectivity index (χ2v) is 8.06. The number of nitrogens with one attached hydrogen (secondary N) is 2. The molecule has 0 radical (unpaired) electrons. The molecule has 0 aliphatic heterocycles. The molecule has 0 aliphatic carbocycles. The number of aliphatic imine (C=N–C) groups is 1. The number of carbonyl (C=O) groups is 1. The second kappa shape index (κ2) is 10.3. The van der Waals surface area contributed by atoms with Gasteiger partial charge in [0.2, 0.25) is 0 Å². The zero-order valence-corrected chi connectivity index (χ0v) is 19.3. The van der Waals surface area contributed by atoms with Crippen LogP contribution in [-0.4, -0.2) is 37.7 Å². The summed E-state index contributed by atoms with van der Waals surface area (Å²) in [6.07, 6.45) is 0. The maximum Gasteiger partial charge on any atom is 0.350 e. The number of ether oxygens (including phenoxy) is 2. The maximum atomic E-state index is 12.1. The molecule has 0 bridgehead atoms. The fourth-order valence-electron chi connectivity index (χ4n) is 3.15. The average molecular weight is 441 g/mol. The van der Waals surface area contributed by atoms with E-state index in [4.69, 9.17) is 9.47 Å². The van der Waals surface area contributed by atoms with Gasteiger partial charge < -0.3 is 20.1 Å². The topological polar surface area (TPSA) is 84.8 Å². The van der Waals surface area contributed by atoms with Crippen LogP contribution in [0.3, 0.4) is 0 Å². The summed E-state index contributed by atoms with van der Waals surface area (Å²) in [6.45, 7) is 6.57. The Hall–Kier alpha value is -3.13. The van der Waals surface area contributed by atoms with Crippen molar-refractivity contribution < 1.29 is 14.3 Å². The summed E-state index contributed by atoms with van der Waals surface area (Å²) in [5.74, 6) is 1.18. The molecular weight excluding hydrogens is 412 g/mol. The van der Waals surface area contributed by atoms with Crippen molar-refractivity contribution in [3.8, 4) is 5.75 Å². The van der Waals surface area contributed by atoms with Crippen LogP contribution in [-0.2, 0) is 11.3 Å². The van der Waals surface area contributed by atoms with Gasteiger partial charge in [-0.15, -0.1) is 11.3 Å². The van der Waals surface area contributed by atoms with Gasteiger partial charge >= 0.3 is 5.97 Å². The van der Waals surface area contributed by atoms with Crippen LogP contribution in [0, 0.1) is 6.92 Å². The molecule has 3 rings (SSSR count). The van der Waals surface area contributed by atoms with E-state index in [0.717, 1.165) is 27.1 Å². The largest absolute Gasteiger partial charge is 0.497 e. The van der Waals surface area contributed by atoms with E-state index in [1.54, 1.807) is 21.1 Å². The lowest BCUT2D eigenvalue weighted by Gasteiger charge is -2.16. The molecule has 0 fully saturated rings. The Kier molecular flexibility index (Phi) is 7.46. The third kappa shape index (κ3) is 5.52. The highest BCUT2D eigenvalue weighted by Crippen LogP contribution is 2.24. The van der Waals surface area contributed by atoms with Crippen molar-refractivity contribution >= 4 is 34.0 Å². The van der Waals surface area contributed by atoms with E-state index in [0.29, 0.717) is 29.7 Å². The normalized spacial score (nSPS) is 12.5. The lowest BCUT2D eigenvalue weighted by molar-refractivity contribution is 0.0531. The Morgan fingerprint density at radius 3 is 2.68 bits per heavy atom. The average Bonchev–Trinajstić information content (AvgIpc) is 3.18. The summed E-state index contributed by atoms with van der Waals surface area (Å²) in [6, 6.07) is 12.2. The summed E-state index contributed by atoms with van der Waals surface area (Å²) in [5.41, 5.74) is 1.82. The molecule has 0 aliphatic rings. The first-order valence-electron chi connectivity index (χ1n) is 10.1. The van der Waals surface area contributed by atoms with Crippen LogP contribution in [0.4, 0.5) is 0 Å². The lowest BCUT2D eigenvalue weighted by Crippen LogP contribution is -2.38. The van der Waals surface area contributed by atoms with E-state index >= 15 is 0 Å². The molecule has 1 heterocycles. The number of hydrogen-bond acceptors (Lipinski definition) is 6. The Bertz CT molecular complexity index is 1090. The molecule has 0 spiro atoms. The molecule has 1 atom stereocenters. The van der Waals surface area contributed by atoms with E-state index in [2.05, 4.69) is 44.9 Å².